The number of hydrogen-bond acceptors (Lipinski definition) is 4. The Bertz CT molecular complexity index is 862. The van der Waals surface area contributed by atoms with Crippen molar-refractivity contribution in [3.8, 4) is 0 Å². The molecule has 29 heavy (non-hydrogen) atoms. The van der Waals surface area contributed by atoms with Crippen LogP contribution >= 0.6 is 0 Å². The van der Waals surface area contributed by atoms with E-state index in [1.54, 1.807) is 0 Å². The average molecular weight is 397 g/mol. The topological polar surface area (TPSA) is 56.4 Å². The number of aryl methyl sites for hydroxylation is 2. The highest BCUT2D eigenvalue weighted by molar-refractivity contribution is 5.96. The van der Waals surface area contributed by atoms with Crippen LogP contribution in [0.3, 0.4) is 0 Å². The van der Waals surface area contributed by atoms with E-state index in [-0.39, 0.29) is 30.0 Å². The molecule has 0 aliphatic carbocycles. The minimum absolute atomic E-state index is 0.0293. The molecule has 3 N–H and O–H groups in total. The Morgan fingerprint density at radius 3 is 2.52 bits per heavy atom. The average Bonchev–Trinajstić information content (AvgIpc) is 3.21. The number of amides is 1. The van der Waals surface area contributed by atoms with Gasteiger partial charge >= 0.3 is 0 Å². The lowest BCUT2D eigenvalue weighted by Crippen LogP contribution is -2.51. The van der Waals surface area contributed by atoms with E-state index in [2.05, 4.69) is 21.1 Å². The van der Waals surface area contributed by atoms with Crippen LogP contribution in [0.4, 0.5) is 4.39 Å². The first-order valence-electron chi connectivity index (χ1n) is 10.4. The van der Waals surface area contributed by atoms with Gasteiger partial charge < -0.3 is 5.32 Å². The number of halogens is 1. The SMILES string of the molecule is Cc1ccc(C)c(C(=O)NC2CCN(C3CC(c4ccc(F)cc4)NN3)CC2)c1. The molecule has 2 saturated heterocycles. The molecule has 2 heterocycles. The molecule has 0 aromatic heterocycles. The van der Waals surface area contributed by atoms with Gasteiger partial charge in [-0.1, -0.05) is 29.8 Å². The second kappa shape index (κ2) is 8.61. The Kier molecular flexibility index (Phi) is 5.94. The second-order valence-corrected chi connectivity index (χ2v) is 8.25. The number of nitrogens with one attached hydrogen (secondary N) is 3. The van der Waals surface area contributed by atoms with E-state index in [0.29, 0.717) is 0 Å². The van der Waals surface area contributed by atoms with E-state index in [1.165, 1.54) is 12.1 Å². The van der Waals surface area contributed by atoms with Crippen LogP contribution in [0.15, 0.2) is 42.5 Å². The number of hydrogen-bond donors (Lipinski definition) is 3. The van der Waals surface area contributed by atoms with Gasteiger partial charge in [0.05, 0.1) is 6.17 Å². The van der Waals surface area contributed by atoms with Crippen molar-refractivity contribution in [1.29, 1.82) is 0 Å². The normalized spacial score (nSPS) is 23.3. The summed E-state index contributed by atoms with van der Waals surface area (Å²) in [6.45, 7) is 5.87. The summed E-state index contributed by atoms with van der Waals surface area (Å²) in [7, 11) is 0. The predicted molar refractivity (Wildman–Crippen MR) is 112 cm³/mol. The second-order valence-electron chi connectivity index (χ2n) is 8.25. The van der Waals surface area contributed by atoms with Gasteiger partial charge in [0, 0.05) is 30.7 Å². The van der Waals surface area contributed by atoms with E-state index >= 15 is 0 Å². The van der Waals surface area contributed by atoms with E-state index in [9.17, 15) is 9.18 Å². The quantitative estimate of drug-likeness (QED) is 0.743. The minimum Gasteiger partial charge on any atom is -0.349 e. The first-order valence-corrected chi connectivity index (χ1v) is 10.4. The number of benzene rings is 2. The first kappa shape index (κ1) is 20.0. The number of carbonyl (C=O) groups is 1. The van der Waals surface area contributed by atoms with Crippen molar-refractivity contribution in [2.75, 3.05) is 13.1 Å². The highest BCUT2D eigenvalue weighted by Crippen LogP contribution is 2.26. The van der Waals surface area contributed by atoms with Crippen molar-refractivity contribution < 1.29 is 9.18 Å². The highest BCUT2D eigenvalue weighted by atomic mass is 19.1. The summed E-state index contributed by atoms with van der Waals surface area (Å²) in [6.07, 6.45) is 3.07. The van der Waals surface area contributed by atoms with E-state index in [1.807, 2.05) is 44.2 Å². The van der Waals surface area contributed by atoms with Crippen LogP contribution in [0, 0.1) is 19.7 Å². The first-order chi connectivity index (χ1) is 14.0. The summed E-state index contributed by atoms with van der Waals surface area (Å²) < 4.78 is 13.1. The summed E-state index contributed by atoms with van der Waals surface area (Å²) in [5.74, 6) is -0.178. The summed E-state index contributed by atoms with van der Waals surface area (Å²) >= 11 is 0. The van der Waals surface area contributed by atoms with Crippen molar-refractivity contribution in [2.24, 2.45) is 0 Å². The third kappa shape index (κ3) is 4.66. The van der Waals surface area contributed by atoms with Gasteiger partial charge in [0.25, 0.3) is 5.91 Å². The lowest BCUT2D eigenvalue weighted by atomic mass is 10.00. The third-order valence-electron chi connectivity index (χ3n) is 6.10. The Hall–Kier alpha value is -2.28. The van der Waals surface area contributed by atoms with Crippen molar-refractivity contribution in [3.63, 3.8) is 0 Å². The lowest BCUT2D eigenvalue weighted by molar-refractivity contribution is 0.0879. The van der Waals surface area contributed by atoms with Crippen molar-refractivity contribution in [2.45, 2.75) is 51.4 Å². The molecular weight excluding hydrogens is 367 g/mol. The van der Waals surface area contributed by atoms with Crippen LogP contribution in [-0.2, 0) is 0 Å². The Morgan fingerprint density at radius 1 is 1.07 bits per heavy atom. The largest absolute Gasteiger partial charge is 0.349 e. The maximum Gasteiger partial charge on any atom is 0.251 e. The van der Waals surface area contributed by atoms with Crippen LogP contribution in [0.2, 0.25) is 0 Å². The molecule has 4 rings (SSSR count). The summed E-state index contributed by atoms with van der Waals surface area (Å²) in [5.41, 5.74) is 10.7. The van der Waals surface area contributed by atoms with Gasteiger partial charge in [-0.05, 0) is 62.4 Å². The van der Waals surface area contributed by atoms with Crippen LogP contribution in [0.25, 0.3) is 0 Å². The fourth-order valence-electron chi connectivity index (χ4n) is 4.29. The van der Waals surface area contributed by atoms with Crippen LogP contribution < -0.4 is 16.2 Å². The molecule has 0 radical (unpaired) electrons. The summed E-state index contributed by atoms with van der Waals surface area (Å²) in [5, 5.41) is 3.22. The molecule has 0 spiro atoms. The monoisotopic (exact) mass is 396 g/mol. The Balaban J connectivity index is 1.28. The van der Waals surface area contributed by atoms with Crippen molar-refractivity contribution in [3.05, 3.63) is 70.5 Å². The molecule has 2 aromatic rings. The number of carbonyl (C=O) groups excluding carboxylic acids is 1. The summed E-state index contributed by atoms with van der Waals surface area (Å²) in [4.78, 5) is 15.1. The van der Waals surface area contributed by atoms with Gasteiger partial charge in [-0.2, -0.15) is 0 Å². The van der Waals surface area contributed by atoms with Gasteiger partial charge in [-0.15, -0.1) is 0 Å². The van der Waals surface area contributed by atoms with Gasteiger partial charge in [0.15, 0.2) is 0 Å². The number of nitrogens with zero attached hydrogens (tertiary/aromatic N) is 1. The number of hydrazine groups is 1. The van der Waals surface area contributed by atoms with Crippen LogP contribution in [0.1, 0.15) is 52.4 Å². The molecule has 2 aliphatic heterocycles. The maximum absolute atomic E-state index is 13.1. The van der Waals surface area contributed by atoms with Gasteiger partial charge in [-0.25, -0.2) is 15.2 Å². The number of piperidine rings is 1. The highest BCUT2D eigenvalue weighted by Gasteiger charge is 2.32. The van der Waals surface area contributed by atoms with E-state index < -0.39 is 0 Å². The molecule has 154 valence electrons. The number of likely N-dealkylation sites (tertiary alicyclic amines) is 1. The van der Waals surface area contributed by atoms with Crippen LogP contribution in [-0.4, -0.2) is 36.1 Å². The van der Waals surface area contributed by atoms with Crippen LogP contribution in [0.5, 0.6) is 0 Å². The summed E-state index contributed by atoms with van der Waals surface area (Å²) in [6, 6.07) is 13.1. The maximum atomic E-state index is 13.1. The number of rotatable bonds is 4. The predicted octanol–water partition coefficient (Wildman–Crippen LogP) is 3.20. The molecule has 5 nitrogen and oxygen atoms in total. The molecule has 2 aliphatic rings. The zero-order valence-corrected chi connectivity index (χ0v) is 17.0. The molecule has 6 heteroatoms. The van der Waals surface area contributed by atoms with Gasteiger partial charge in [0.2, 0.25) is 0 Å². The lowest BCUT2D eigenvalue weighted by Gasteiger charge is -2.36. The molecule has 1 amide bonds. The molecule has 2 unspecified atom stereocenters. The molecule has 2 aromatic carbocycles. The molecular formula is C23H29FN4O. The molecule has 0 bridgehead atoms. The molecule has 2 atom stereocenters. The fourth-order valence-corrected chi connectivity index (χ4v) is 4.29. The van der Waals surface area contributed by atoms with E-state index in [4.69, 9.17) is 0 Å². The zero-order valence-electron chi connectivity index (χ0n) is 17.0. The minimum atomic E-state index is -0.207. The Morgan fingerprint density at radius 2 is 1.79 bits per heavy atom. The van der Waals surface area contributed by atoms with E-state index in [0.717, 1.165) is 54.6 Å². The fraction of sp³-hybridized carbons (Fsp3) is 0.435. The standard InChI is InChI=1S/C23H29FN4O/c1-15-3-4-16(2)20(13-15)23(29)25-19-9-11-28(12-10-19)22-14-21(26-27-22)17-5-7-18(24)8-6-17/h3-8,13,19,21-22,26-27H,9-12,14H2,1-2H3,(H,25,29). The van der Waals surface area contributed by atoms with Gasteiger partial charge in [-0.3, -0.25) is 9.69 Å². The Labute approximate surface area is 171 Å². The van der Waals surface area contributed by atoms with Crippen molar-refractivity contribution in [1.82, 2.24) is 21.1 Å². The smallest absolute Gasteiger partial charge is 0.251 e. The zero-order chi connectivity index (χ0) is 20.4. The molecule has 2 fully saturated rings. The van der Waals surface area contributed by atoms with Gasteiger partial charge in [0.1, 0.15) is 5.82 Å². The van der Waals surface area contributed by atoms with Crippen molar-refractivity contribution >= 4 is 5.91 Å². The molecule has 0 saturated carbocycles. The third-order valence-corrected chi connectivity index (χ3v) is 6.10.